The van der Waals surface area contributed by atoms with E-state index in [4.69, 9.17) is 4.74 Å². The second kappa shape index (κ2) is 8.51. The lowest BCUT2D eigenvalue weighted by atomic mass is 9.89. The Morgan fingerprint density at radius 3 is 2.47 bits per heavy atom. The number of nitrogens with one attached hydrogen (secondary N) is 1. The minimum atomic E-state index is -0.0807. The van der Waals surface area contributed by atoms with Crippen molar-refractivity contribution in [1.29, 1.82) is 0 Å². The lowest BCUT2D eigenvalue weighted by molar-refractivity contribution is -0.141. The molecule has 0 amide bonds. The first-order chi connectivity index (χ1) is 8.27. The smallest absolute Gasteiger partial charge is 0.307 e. The molecule has 1 aliphatic carbocycles. The third kappa shape index (κ3) is 5.53. The Morgan fingerprint density at radius 2 is 1.94 bits per heavy atom. The van der Waals surface area contributed by atoms with Crippen LogP contribution in [0.25, 0.3) is 0 Å². The molecule has 0 saturated heterocycles. The fourth-order valence-electron chi connectivity index (χ4n) is 2.71. The summed E-state index contributed by atoms with van der Waals surface area (Å²) in [4.78, 5) is 11.5. The first-order valence-corrected chi connectivity index (χ1v) is 7.08. The molecule has 1 saturated carbocycles. The van der Waals surface area contributed by atoms with Crippen LogP contribution in [-0.2, 0) is 9.53 Å². The van der Waals surface area contributed by atoms with E-state index in [2.05, 4.69) is 12.2 Å². The predicted molar refractivity (Wildman–Crippen MR) is 69.9 cm³/mol. The molecule has 3 nitrogen and oxygen atoms in total. The average molecular weight is 241 g/mol. The van der Waals surface area contributed by atoms with Crippen LogP contribution in [0.3, 0.4) is 0 Å². The van der Waals surface area contributed by atoms with Crippen LogP contribution in [0.5, 0.6) is 0 Å². The van der Waals surface area contributed by atoms with Gasteiger partial charge >= 0.3 is 5.97 Å². The van der Waals surface area contributed by atoms with E-state index < -0.39 is 0 Å². The van der Waals surface area contributed by atoms with Crippen LogP contribution in [0.4, 0.5) is 0 Å². The fourth-order valence-corrected chi connectivity index (χ4v) is 2.71. The molecule has 1 aliphatic rings. The van der Waals surface area contributed by atoms with Crippen LogP contribution in [0.15, 0.2) is 0 Å². The first kappa shape index (κ1) is 14.5. The summed E-state index contributed by atoms with van der Waals surface area (Å²) in [6.07, 6.45) is 9.51. The standard InChI is InChI=1S/C14H27NO2/c1-3-10-15-13(11-14(16)17-2)12-8-6-4-5-7-9-12/h12-13,15H,3-11H2,1-2H3. The summed E-state index contributed by atoms with van der Waals surface area (Å²) in [5, 5.41) is 3.53. The van der Waals surface area contributed by atoms with Gasteiger partial charge in [-0.2, -0.15) is 0 Å². The van der Waals surface area contributed by atoms with Gasteiger partial charge in [-0.3, -0.25) is 4.79 Å². The third-order valence-corrected chi connectivity index (χ3v) is 3.74. The Labute approximate surface area is 105 Å². The van der Waals surface area contributed by atoms with Crippen molar-refractivity contribution < 1.29 is 9.53 Å². The lowest BCUT2D eigenvalue weighted by Crippen LogP contribution is -2.38. The molecule has 0 radical (unpaired) electrons. The van der Waals surface area contributed by atoms with Crippen molar-refractivity contribution >= 4 is 5.97 Å². The molecule has 1 rings (SSSR count). The third-order valence-electron chi connectivity index (χ3n) is 3.74. The summed E-state index contributed by atoms with van der Waals surface area (Å²) < 4.78 is 4.80. The highest BCUT2D eigenvalue weighted by Crippen LogP contribution is 2.27. The van der Waals surface area contributed by atoms with Crippen LogP contribution in [-0.4, -0.2) is 25.7 Å². The Balaban J connectivity index is 2.49. The highest BCUT2D eigenvalue weighted by atomic mass is 16.5. The van der Waals surface area contributed by atoms with Gasteiger partial charge in [-0.05, 0) is 31.7 Å². The van der Waals surface area contributed by atoms with Crippen molar-refractivity contribution in [2.75, 3.05) is 13.7 Å². The number of hydrogen-bond acceptors (Lipinski definition) is 3. The zero-order valence-corrected chi connectivity index (χ0v) is 11.3. The van der Waals surface area contributed by atoms with Crippen LogP contribution < -0.4 is 5.32 Å². The van der Waals surface area contributed by atoms with E-state index >= 15 is 0 Å². The summed E-state index contributed by atoms with van der Waals surface area (Å²) in [6, 6.07) is 0.320. The zero-order valence-electron chi connectivity index (χ0n) is 11.3. The molecule has 0 spiro atoms. The van der Waals surface area contributed by atoms with E-state index in [-0.39, 0.29) is 5.97 Å². The molecule has 1 unspecified atom stereocenters. The monoisotopic (exact) mass is 241 g/mol. The summed E-state index contributed by atoms with van der Waals surface area (Å²) in [6.45, 7) is 3.16. The summed E-state index contributed by atoms with van der Waals surface area (Å²) in [7, 11) is 1.48. The summed E-state index contributed by atoms with van der Waals surface area (Å²) in [5.74, 6) is 0.575. The van der Waals surface area contributed by atoms with Crippen LogP contribution in [0.1, 0.15) is 58.3 Å². The topological polar surface area (TPSA) is 38.3 Å². The number of methoxy groups -OCH3 is 1. The van der Waals surface area contributed by atoms with E-state index in [0.717, 1.165) is 13.0 Å². The first-order valence-electron chi connectivity index (χ1n) is 7.08. The van der Waals surface area contributed by atoms with Crippen molar-refractivity contribution in [3.8, 4) is 0 Å². The van der Waals surface area contributed by atoms with E-state index in [1.807, 2.05) is 0 Å². The fraction of sp³-hybridized carbons (Fsp3) is 0.929. The lowest BCUT2D eigenvalue weighted by Gasteiger charge is -2.26. The van der Waals surface area contributed by atoms with E-state index in [0.29, 0.717) is 18.4 Å². The molecule has 1 N–H and O–H groups in total. The number of carbonyl (C=O) groups is 1. The number of esters is 1. The van der Waals surface area contributed by atoms with Gasteiger partial charge < -0.3 is 10.1 Å². The molecule has 0 aromatic rings. The quantitative estimate of drug-likeness (QED) is 0.574. The van der Waals surface area contributed by atoms with Gasteiger partial charge in [0, 0.05) is 6.04 Å². The van der Waals surface area contributed by atoms with Gasteiger partial charge in [-0.1, -0.05) is 32.6 Å². The van der Waals surface area contributed by atoms with Crippen molar-refractivity contribution in [1.82, 2.24) is 5.32 Å². The summed E-state index contributed by atoms with van der Waals surface area (Å²) >= 11 is 0. The van der Waals surface area contributed by atoms with Gasteiger partial charge in [0.05, 0.1) is 13.5 Å². The molecule has 1 fully saturated rings. The molecule has 3 heteroatoms. The molecule has 100 valence electrons. The van der Waals surface area contributed by atoms with Crippen LogP contribution in [0.2, 0.25) is 0 Å². The summed E-state index contributed by atoms with van der Waals surface area (Å²) in [5.41, 5.74) is 0. The van der Waals surface area contributed by atoms with Gasteiger partial charge in [-0.25, -0.2) is 0 Å². The van der Waals surface area contributed by atoms with Crippen molar-refractivity contribution in [2.45, 2.75) is 64.3 Å². The normalized spacial score (nSPS) is 19.6. The van der Waals surface area contributed by atoms with Gasteiger partial charge in [-0.15, -0.1) is 0 Å². The zero-order chi connectivity index (χ0) is 12.5. The van der Waals surface area contributed by atoms with Gasteiger partial charge in [0.1, 0.15) is 0 Å². The maximum absolute atomic E-state index is 11.5. The second-order valence-corrected chi connectivity index (χ2v) is 5.09. The van der Waals surface area contributed by atoms with Crippen LogP contribution in [0, 0.1) is 5.92 Å². The molecule has 0 bridgehead atoms. The Kier molecular flexibility index (Phi) is 7.25. The largest absolute Gasteiger partial charge is 0.469 e. The van der Waals surface area contributed by atoms with Crippen molar-refractivity contribution in [3.05, 3.63) is 0 Å². The van der Waals surface area contributed by atoms with Crippen LogP contribution >= 0.6 is 0 Å². The molecule has 0 aliphatic heterocycles. The Morgan fingerprint density at radius 1 is 1.29 bits per heavy atom. The maximum atomic E-state index is 11.5. The molecular formula is C14H27NO2. The highest BCUT2D eigenvalue weighted by Gasteiger charge is 2.24. The maximum Gasteiger partial charge on any atom is 0.307 e. The van der Waals surface area contributed by atoms with Gasteiger partial charge in [0.2, 0.25) is 0 Å². The molecule has 0 heterocycles. The predicted octanol–water partition coefficient (Wildman–Crippen LogP) is 2.89. The highest BCUT2D eigenvalue weighted by molar-refractivity contribution is 5.69. The number of hydrogen-bond donors (Lipinski definition) is 1. The number of ether oxygens (including phenoxy) is 1. The second-order valence-electron chi connectivity index (χ2n) is 5.09. The minimum Gasteiger partial charge on any atom is -0.469 e. The van der Waals surface area contributed by atoms with Gasteiger partial charge in [0.15, 0.2) is 0 Å². The molecule has 0 aromatic heterocycles. The van der Waals surface area contributed by atoms with Crippen molar-refractivity contribution in [3.63, 3.8) is 0 Å². The average Bonchev–Trinajstić information content (AvgIpc) is 2.62. The molecule has 17 heavy (non-hydrogen) atoms. The SMILES string of the molecule is CCCNC(CC(=O)OC)C1CCCCCC1. The van der Waals surface area contributed by atoms with E-state index in [1.54, 1.807) is 0 Å². The Hall–Kier alpha value is -0.570. The van der Waals surface area contributed by atoms with E-state index in [1.165, 1.54) is 45.6 Å². The molecular weight excluding hydrogens is 214 g/mol. The van der Waals surface area contributed by atoms with Gasteiger partial charge in [0.25, 0.3) is 0 Å². The minimum absolute atomic E-state index is 0.0807. The van der Waals surface area contributed by atoms with E-state index in [9.17, 15) is 4.79 Å². The molecule has 0 aromatic carbocycles. The van der Waals surface area contributed by atoms with Crippen molar-refractivity contribution in [2.24, 2.45) is 5.92 Å². The number of carbonyl (C=O) groups excluding carboxylic acids is 1. The number of rotatable bonds is 6. The Bertz CT molecular complexity index is 210. The molecule has 1 atom stereocenters.